The van der Waals surface area contributed by atoms with E-state index in [1.165, 1.54) is 4.31 Å². The Kier molecular flexibility index (Phi) is 7.69. The van der Waals surface area contributed by atoms with Crippen LogP contribution >= 0.6 is 0 Å². The molecule has 0 radical (unpaired) electrons. The van der Waals surface area contributed by atoms with E-state index in [1.54, 1.807) is 18.2 Å². The Labute approximate surface area is 185 Å². The number of nitrogens with one attached hydrogen (secondary N) is 1. The third-order valence-electron chi connectivity index (χ3n) is 5.57. The van der Waals surface area contributed by atoms with Crippen molar-refractivity contribution in [2.75, 3.05) is 49.6 Å². The smallest absolute Gasteiger partial charge is 0.243 e. The molecule has 7 nitrogen and oxygen atoms in total. The number of hydrogen-bond acceptors (Lipinski definition) is 5. The first-order chi connectivity index (χ1) is 14.9. The fourth-order valence-electron chi connectivity index (χ4n) is 3.73. The molecule has 2 aromatic carbocycles. The first kappa shape index (κ1) is 23.2. The van der Waals surface area contributed by atoms with Gasteiger partial charge < -0.3 is 15.0 Å². The van der Waals surface area contributed by atoms with E-state index in [0.29, 0.717) is 32.0 Å². The van der Waals surface area contributed by atoms with Crippen molar-refractivity contribution in [3.8, 4) is 0 Å². The summed E-state index contributed by atoms with van der Waals surface area (Å²) in [5, 5.41) is 2.96. The van der Waals surface area contributed by atoms with Crippen molar-refractivity contribution in [3.05, 3.63) is 53.6 Å². The molecule has 1 saturated heterocycles. The quantitative estimate of drug-likeness (QED) is 0.676. The van der Waals surface area contributed by atoms with E-state index in [0.717, 1.165) is 29.9 Å². The second-order valence-corrected chi connectivity index (χ2v) is 9.46. The Morgan fingerprint density at radius 2 is 1.77 bits per heavy atom. The van der Waals surface area contributed by atoms with E-state index in [4.69, 9.17) is 4.74 Å². The average Bonchev–Trinajstić information content (AvgIpc) is 2.77. The van der Waals surface area contributed by atoms with Crippen molar-refractivity contribution in [1.29, 1.82) is 0 Å². The highest BCUT2D eigenvalue weighted by molar-refractivity contribution is 7.89. The third kappa shape index (κ3) is 5.44. The van der Waals surface area contributed by atoms with Gasteiger partial charge in [0.05, 0.1) is 35.9 Å². The number of aryl methyl sites for hydroxylation is 1. The highest BCUT2D eigenvalue weighted by atomic mass is 32.2. The number of benzene rings is 2. The van der Waals surface area contributed by atoms with Gasteiger partial charge in [-0.05, 0) is 50.1 Å². The lowest BCUT2D eigenvalue weighted by Gasteiger charge is -2.28. The number of carbonyl (C=O) groups is 1. The number of ether oxygens (including phenoxy) is 1. The van der Waals surface area contributed by atoms with Gasteiger partial charge in [-0.3, -0.25) is 4.79 Å². The maximum atomic E-state index is 13.1. The predicted octanol–water partition coefficient (Wildman–Crippen LogP) is 3.04. The van der Waals surface area contributed by atoms with Crippen LogP contribution in [0.15, 0.2) is 47.4 Å². The molecule has 0 atom stereocenters. The molecule has 0 saturated carbocycles. The van der Waals surface area contributed by atoms with Gasteiger partial charge in [0.1, 0.15) is 0 Å². The molecule has 31 heavy (non-hydrogen) atoms. The van der Waals surface area contributed by atoms with Gasteiger partial charge in [0, 0.05) is 26.2 Å². The highest BCUT2D eigenvalue weighted by Gasteiger charge is 2.27. The molecule has 0 bridgehead atoms. The third-order valence-corrected chi connectivity index (χ3v) is 7.46. The Bertz CT molecular complexity index is 1010. The van der Waals surface area contributed by atoms with Crippen LogP contribution in [-0.2, 0) is 26.0 Å². The number of rotatable bonds is 8. The van der Waals surface area contributed by atoms with Crippen LogP contribution in [-0.4, -0.2) is 58.0 Å². The highest BCUT2D eigenvalue weighted by Crippen LogP contribution is 2.30. The zero-order chi connectivity index (χ0) is 22.4. The molecule has 1 amide bonds. The van der Waals surface area contributed by atoms with Gasteiger partial charge in [-0.2, -0.15) is 4.31 Å². The maximum Gasteiger partial charge on any atom is 0.243 e. The average molecular weight is 446 g/mol. The molecular weight excluding hydrogens is 414 g/mol. The molecule has 0 spiro atoms. The standard InChI is InChI=1S/C23H31N3O4S/c1-4-25(5-2)22-11-10-20(31(28,29)26-12-14-30-15-13-26)17-21(22)24-23(27)16-19-9-7-6-8-18(19)3/h6-11,17H,4-5,12-16H2,1-3H3,(H,24,27). The molecule has 2 aromatic rings. The normalized spacial score (nSPS) is 14.9. The molecule has 8 heteroatoms. The number of anilines is 2. The molecule has 1 aliphatic rings. The van der Waals surface area contributed by atoms with Crippen LogP contribution in [0, 0.1) is 6.92 Å². The van der Waals surface area contributed by atoms with Crippen molar-refractivity contribution >= 4 is 27.3 Å². The van der Waals surface area contributed by atoms with Crippen LogP contribution in [0.1, 0.15) is 25.0 Å². The monoisotopic (exact) mass is 445 g/mol. The van der Waals surface area contributed by atoms with E-state index < -0.39 is 10.0 Å². The van der Waals surface area contributed by atoms with Gasteiger partial charge >= 0.3 is 0 Å². The minimum absolute atomic E-state index is 0.177. The Morgan fingerprint density at radius 3 is 2.42 bits per heavy atom. The predicted molar refractivity (Wildman–Crippen MR) is 123 cm³/mol. The van der Waals surface area contributed by atoms with Crippen molar-refractivity contribution in [1.82, 2.24) is 4.31 Å². The van der Waals surface area contributed by atoms with Crippen LogP contribution in [0.4, 0.5) is 11.4 Å². The van der Waals surface area contributed by atoms with E-state index in [9.17, 15) is 13.2 Å². The first-order valence-electron chi connectivity index (χ1n) is 10.7. The molecule has 1 fully saturated rings. The molecule has 0 aliphatic carbocycles. The molecular formula is C23H31N3O4S. The Balaban J connectivity index is 1.92. The van der Waals surface area contributed by atoms with E-state index in [1.807, 2.05) is 45.0 Å². The number of carbonyl (C=O) groups excluding carboxylic acids is 1. The van der Waals surface area contributed by atoms with Gasteiger partial charge in [-0.25, -0.2) is 8.42 Å². The second kappa shape index (κ2) is 10.3. The molecule has 1 heterocycles. The van der Waals surface area contributed by atoms with Gasteiger partial charge in [0.2, 0.25) is 15.9 Å². The summed E-state index contributed by atoms with van der Waals surface area (Å²) in [5.41, 5.74) is 3.31. The van der Waals surface area contributed by atoms with Crippen LogP contribution in [0.3, 0.4) is 0 Å². The summed E-state index contributed by atoms with van der Waals surface area (Å²) in [5.74, 6) is -0.177. The molecule has 1 N–H and O–H groups in total. The number of amides is 1. The van der Waals surface area contributed by atoms with Crippen LogP contribution < -0.4 is 10.2 Å². The lowest BCUT2D eigenvalue weighted by Crippen LogP contribution is -2.40. The fourth-order valence-corrected chi connectivity index (χ4v) is 5.16. The molecule has 0 unspecified atom stereocenters. The van der Waals surface area contributed by atoms with Crippen molar-refractivity contribution in [2.45, 2.75) is 32.1 Å². The SMILES string of the molecule is CCN(CC)c1ccc(S(=O)(=O)N2CCOCC2)cc1NC(=O)Cc1ccccc1C. The largest absolute Gasteiger partial charge is 0.379 e. The molecule has 1 aliphatic heterocycles. The topological polar surface area (TPSA) is 79.0 Å². The lowest BCUT2D eigenvalue weighted by molar-refractivity contribution is -0.115. The number of hydrogen-bond donors (Lipinski definition) is 1. The van der Waals surface area contributed by atoms with Crippen LogP contribution in [0.5, 0.6) is 0 Å². The summed E-state index contributed by atoms with van der Waals surface area (Å²) in [7, 11) is -3.66. The van der Waals surface area contributed by atoms with Crippen LogP contribution in [0.2, 0.25) is 0 Å². The number of morpholine rings is 1. The second-order valence-electron chi connectivity index (χ2n) is 7.52. The van der Waals surface area contributed by atoms with Gasteiger partial charge in [-0.15, -0.1) is 0 Å². The Hall–Kier alpha value is -2.42. The van der Waals surface area contributed by atoms with E-state index in [-0.39, 0.29) is 17.2 Å². The van der Waals surface area contributed by atoms with Crippen molar-refractivity contribution < 1.29 is 17.9 Å². The van der Waals surface area contributed by atoms with Gasteiger partial charge in [0.25, 0.3) is 0 Å². The summed E-state index contributed by atoms with van der Waals surface area (Å²) < 4.78 is 33.0. The van der Waals surface area contributed by atoms with Crippen molar-refractivity contribution in [3.63, 3.8) is 0 Å². The summed E-state index contributed by atoms with van der Waals surface area (Å²) in [6, 6.07) is 12.7. The fraction of sp³-hybridized carbons (Fsp3) is 0.435. The minimum atomic E-state index is -3.66. The lowest BCUT2D eigenvalue weighted by atomic mass is 10.1. The van der Waals surface area contributed by atoms with E-state index in [2.05, 4.69) is 10.2 Å². The molecule has 3 rings (SSSR count). The molecule has 0 aromatic heterocycles. The first-order valence-corrected chi connectivity index (χ1v) is 12.1. The number of nitrogens with zero attached hydrogens (tertiary/aromatic N) is 2. The summed E-state index contributed by atoms with van der Waals surface area (Å²) in [6.07, 6.45) is 0.227. The molecule has 168 valence electrons. The zero-order valence-electron chi connectivity index (χ0n) is 18.4. The zero-order valence-corrected chi connectivity index (χ0v) is 19.2. The summed E-state index contributed by atoms with van der Waals surface area (Å²) >= 11 is 0. The summed E-state index contributed by atoms with van der Waals surface area (Å²) in [4.78, 5) is 15.1. The van der Waals surface area contributed by atoms with Gasteiger partial charge in [0.15, 0.2) is 0 Å². The Morgan fingerprint density at radius 1 is 1.10 bits per heavy atom. The maximum absolute atomic E-state index is 13.1. The summed E-state index contributed by atoms with van der Waals surface area (Å²) in [6.45, 7) is 8.94. The van der Waals surface area contributed by atoms with Crippen LogP contribution in [0.25, 0.3) is 0 Å². The van der Waals surface area contributed by atoms with E-state index >= 15 is 0 Å². The number of sulfonamides is 1. The minimum Gasteiger partial charge on any atom is -0.379 e. The van der Waals surface area contributed by atoms with Gasteiger partial charge in [-0.1, -0.05) is 24.3 Å². The van der Waals surface area contributed by atoms with Crippen molar-refractivity contribution in [2.24, 2.45) is 0 Å².